The lowest BCUT2D eigenvalue weighted by Crippen LogP contribution is -2.53. The first kappa shape index (κ1) is 44.0. The van der Waals surface area contributed by atoms with Crippen LogP contribution in [0.2, 0.25) is 0 Å². The monoisotopic (exact) mass is 782 g/mol. The fourth-order valence-corrected chi connectivity index (χ4v) is 13.9. The molecule has 7 rings (SSSR count). The van der Waals surface area contributed by atoms with Crippen molar-refractivity contribution < 1.29 is 4.74 Å². The number of ether oxygens (including phenoxy) is 1. The Kier molecular flexibility index (Phi) is 17.1. The van der Waals surface area contributed by atoms with Crippen LogP contribution in [0.4, 0.5) is 0 Å². The molecule has 0 aromatic heterocycles. The highest BCUT2D eigenvalue weighted by molar-refractivity contribution is 5.21. The Morgan fingerprint density at radius 2 is 0.649 bits per heavy atom. The van der Waals surface area contributed by atoms with Gasteiger partial charge in [-0.2, -0.15) is 0 Å². The zero-order valence-electron chi connectivity index (χ0n) is 38.2. The quantitative estimate of drug-likeness (QED) is 0.183. The minimum atomic E-state index is 0.490. The van der Waals surface area contributed by atoms with E-state index in [0.29, 0.717) is 6.10 Å². The molecule has 7 aliphatic rings. The van der Waals surface area contributed by atoms with Gasteiger partial charge in [0.15, 0.2) is 0 Å². The molecule has 2 heteroatoms. The molecule has 0 aromatic rings. The molecule has 2 nitrogen and oxygen atoms in total. The molecule has 0 spiro atoms. The van der Waals surface area contributed by atoms with Gasteiger partial charge in [0, 0.05) is 25.2 Å². The van der Waals surface area contributed by atoms with Gasteiger partial charge in [-0.05, 0) is 188 Å². The van der Waals surface area contributed by atoms with Gasteiger partial charge in [0.1, 0.15) is 0 Å². The van der Waals surface area contributed by atoms with Crippen LogP contribution in [0.15, 0.2) is 47.6 Å². The Hall–Kier alpha value is -1.12. The molecule has 7 aliphatic carbocycles. The van der Waals surface area contributed by atoms with E-state index in [0.717, 1.165) is 77.3 Å². The summed E-state index contributed by atoms with van der Waals surface area (Å²) in [6.45, 7) is 9.93. The van der Waals surface area contributed by atoms with E-state index in [4.69, 9.17) is 4.74 Å². The average molecular weight is 782 g/mol. The third kappa shape index (κ3) is 12.5. The Bertz CT molecular complexity index is 1130. The van der Waals surface area contributed by atoms with Crippen LogP contribution in [0, 0.1) is 59.2 Å². The molecule has 0 N–H and O–H groups in total. The molecule has 0 atom stereocenters. The molecular formula is C55H91NO. The smallest absolute Gasteiger partial charge is 0.0572 e. The molecule has 0 aromatic carbocycles. The zero-order valence-corrected chi connectivity index (χ0v) is 38.2. The van der Waals surface area contributed by atoms with Gasteiger partial charge in [-0.3, -0.25) is 4.90 Å². The van der Waals surface area contributed by atoms with E-state index in [1.54, 1.807) is 0 Å². The van der Waals surface area contributed by atoms with E-state index in [2.05, 4.69) is 69.1 Å². The van der Waals surface area contributed by atoms with Crippen molar-refractivity contribution in [3.05, 3.63) is 47.6 Å². The molecule has 0 aliphatic heterocycles. The van der Waals surface area contributed by atoms with Gasteiger partial charge >= 0.3 is 0 Å². The predicted molar refractivity (Wildman–Crippen MR) is 245 cm³/mol. The summed E-state index contributed by atoms with van der Waals surface area (Å²) in [6, 6.07) is 2.35. The molecule has 57 heavy (non-hydrogen) atoms. The van der Waals surface area contributed by atoms with E-state index < -0.39 is 0 Å². The van der Waals surface area contributed by atoms with Crippen LogP contribution in [-0.2, 0) is 4.74 Å². The highest BCUT2D eigenvalue weighted by Gasteiger charge is 2.38. The number of nitrogens with zero attached hydrogens (tertiary/aromatic N) is 1. The van der Waals surface area contributed by atoms with Gasteiger partial charge in [0.25, 0.3) is 0 Å². The summed E-state index contributed by atoms with van der Waals surface area (Å²) in [5.41, 5.74) is 3.72. The molecule has 322 valence electrons. The summed E-state index contributed by atoms with van der Waals surface area (Å²) in [5, 5.41) is 0. The Labute approximate surface area is 354 Å². The third-order valence-corrected chi connectivity index (χ3v) is 18.0. The average Bonchev–Trinajstić information content (AvgIpc) is 3.24. The summed E-state index contributed by atoms with van der Waals surface area (Å²) in [4.78, 5) is 3.17. The van der Waals surface area contributed by atoms with Crippen LogP contribution < -0.4 is 0 Å². The van der Waals surface area contributed by atoms with Gasteiger partial charge in [0.2, 0.25) is 0 Å². The van der Waals surface area contributed by atoms with E-state index in [1.807, 2.05) is 18.3 Å². The standard InChI is InChI=1S/C55H91NO/c1-40-12-24-46(25-13-40)54(47-26-14-41(2)15-27-47)10-6-8-44-20-32-50(33-21-44)56(52-36-38-53(57-5)39-37-52)51-34-22-45(23-35-51)9-7-11-55(48-28-16-42(3)17-29-48)49-30-18-43(4)19-31-49/h6-11,40-53H,12-39H2,1-5H3. The Morgan fingerprint density at radius 3 is 0.930 bits per heavy atom. The molecule has 0 amide bonds. The lowest BCUT2D eigenvalue weighted by molar-refractivity contribution is -0.0143. The van der Waals surface area contributed by atoms with Crippen LogP contribution in [0.5, 0.6) is 0 Å². The van der Waals surface area contributed by atoms with Crippen LogP contribution in [0.1, 0.15) is 207 Å². The minimum absolute atomic E-state index is 0.490. The van der Waals surface area contributed by atoms with Crippen molar-refractivity contribution in [1.82, 2.24) is 4.90 Å². The summed E-state index contributed by atoms with van der Waals surface area (Å²) in [7, 11) is 1.94. The van der Waals surface area contributed by atoms with Crippen molar-refractivity contribution >= 4 is 0 Å². The molecule has 7 fully saturated rings. The first-order valence-corrected chi connectivity index (χ1v) is 25.9. The third-order valence-electron chi connectivity index (χ3n) is 18.0. The van der Waals surface area contributed by atoms with Crippen molar-refractivity contribution in [1.29, 1.82) is 0 Å². The van der Waals surface area contributed by atoms with E-state index in [1.165, 1.54) is 180 Å². The summed E-state index contributed by atoms with van der Waals surface area (Å²) in [5.74, 6) is 8.73. The van der Waals surface area contributed by atoms with Crippen LogP contribution >= 0.6 is 0 Å². The molecule has 0 heterocycles. The fraction of sp³-hybridized carbons (Fsp3) is 0.855. The first-order valence-electron chi connectivity index (χ1n) is 25.9. The van der Waals surface area contributed by atoms with E-state index in [9.17, 15) is 0 Å². The predicted octanol–water partition coefficient (Wildman–Crippen LogP) is 15.6. The molecule has 0 unspecified atom stereocenters. The molecular weight excluding hydrogens is 691 g/mol. The van der Waals surface area contributed by atoms with Crippen molar-refractivity contribution in [2.75, 3.05) is 7.11 Å². The zero-order chi connectivity index (χ0) is 39.6. The highest BCUT2D eigenvalue weighted by Crippen LogP contribution is 2.45. The molecule has 7 saturated carbocycles. The second-order valence-electron chi connectivity index (χ2n) is 22.2. The van der Waals surface area contributed by atoms with Crippen LogP contribution in [-0.4, -0.2) is 36.2 Å². The summed E-state index contributed by atoms with van der Waals surface area (Å²) < 4.78 is 5.88. The van der Waals surface area contributed by atoms with Crippen molar-refractivity contribution in [3.63, 3.8) is 0 Å². The Morgan fingerprint density at radius 1 is 0.368 bits per heavy atom. The molecule has 0 bridgehead atoms. The van der Waals surface area contributed by atoms with Crippen molar-refractivity contribution in [2.24, 2.45) is 59.2 Å². The van der Waals surface area contributed by atoms with Gasteiger partial charge in [-0.1, -0.05) is 127 Å². The second-order valence-corrected chi connectivity index (χ2v) is 22.2. The lowest BCUT2D eigenvalue weighted by Gasteiger charge is -2.49. The van der Waals surface area contributed by atoms with Gasteiger partial charge in [-0.15, -0.1) is 0 Å². The van der Waals surface area contributed by atoms with Crippen LogP contribution in [0.25, 0.3) is 0 Å². The van der Waals surface area contributed by atoms with Gasteiger partial charge in [0.05, 0.1) is 6.10 Å². The normalized spacial score (nSPS) is 41.3. The van der Waals surface area contributed by atoms with E-state index in [-0.39, 0.29) is 0 Å². The SMILES string of the molecule is COC1CCC(N(C2CCC(C=CC=C(C3CCC(C)CC3)C3CCC(C)CC3)CC2)C2CCC(C=CC=C(C3CCC(C)CC3)C3CCC(C)CC3)CC2)CC1. The van der Waals surface area contributed by atoms with Gasteiger partial charge < -0.3 is 4.74 Å². The van der Waals surface area contributed by atoms with Crippen molar-refractivity contribution in [2.45, 2.75) is 232 Å². The molecule has 0 saturated heterocycles. The topological polar surface area (TPSA) is 12.5 Å². The number of allylic oxidation sites excluding steroid dienone is 8. The summed E-state index contributed by atoms with van der Waals surface area (Å²) in [6.07, 6.45) is 55.8. The first-order chi connectivity index (χ1) is 27.8. The number of methoxy groups -OCH3 is 1. The molecule has 0 radical (unpaired) electrons. The van der Waals surface area contributed by atoms with Gasteiger partial charge in [-0.25, -0.2) is 0 Å². The lowest BCUT2D eigenvalue weighted by atomic mass is 9.70. The van der Waals surface area contributed by atoms with Crippen molar-refractivity contribution in [3.8, 4) is 0 Å². The fourth-order valence-electron chi connectivity index (χ4n) is 13.9. The highest BCUT2D eigenvalue weighted by atomic mass is 16.5. The van der Waals surface area contributed by atoms with E-state index >= 15 is 0 Å². The number of rotatable bonds is 12. The summed E-state index contributed by atoms with van der Waals surface area (Å²) >= 11 is 0. The number of hydrogen-bond donors (Lipinski definition) is 0. The second kappa shape index (κ2) is 22.1. The number of hydrogen-bond acceptors (Lipinski definition) is 2. The maximum atomic E-state index is 5.88. The largest absolute Gasteiger partial charge is 0.381 e. The maximum absolute atomic E-state index is 5.88. The van der Waals surface area contributed by atoms with Crippen LogP contribution in [0.3, 0.4) is 0 Å². The maximum Gasteiger partial charge on any atom is 0.0572 e. The Balaban J connectivity index is 0.956. The minimum Gasteiger partial charge on any atom is -0.381 e.